The summed E-state index contributed by atoms with van der Waals surface area (Å²) in [6.45, 7) is 16.7. The number of nitrogens with zero attached hydrogens (tertiary/aromatic N) is 1. The van der Waals surface area contributed by atoms with Gasteiger partial charge >= 0.3 is 0 Å². The topological polar surface area (TPSA) is 15.3 Å². The molecular formula is C19H40N2. The molecule has 0 aromatic heterocycles. The second-order valence-corrected chi connectivity index (χ2v) is 7.85. The molecule has 0 radical (unpaired) electrons. The van der Waals surface area contributed by atoms with Crippen molar-refractivity contribution in [2.45, 2.75) is 79.2 Å². The van der Waals surface area contributed by atoms with Crippen molar-refractivity contribution >= 4 is 0 Å². The Kier molecular flexibility index (Phi) is 9.59. The van der Waals surface area contributed by atoms with Crippen molar-refractivity contribution in [2.24, 2.45) is 17.8 Å². The van der Waals surface area contributed by atoms with Crippen LogP contribution in [-0.4, -0.2) is 37.1 Å². The average Bonchev–Trinajstić information content (AvgIpc) is 2.85. The van der Waals surface area contributed by atoms with Gasteiger partial charge in [0.2, 0.25) is 0 Å². The van der Waals surface area contributed by atoms with Gasteiger partial charge in [-0.3, -0.25) is 0 Å². The summed E-state index contributed by atoms with van der Waals surface area (Å²) in [5.74, 6) is 2.57. The van der Waals surface area contributed by atoms with E-state index in [1.807, 2.05) is 0 Å². The van der Waals surface area contributed by atoms with E-state index in [1.165, 1.54) is 58.2 Å². The van der Waals surface area contributed by atoms with Crippen molar-refractivity contribution in [3.8, 4) is 0 Å². The molecule has 0 aromatic carbocycles. The van der Waals surface area contributed by atoms with Crippen LogP contribution in [-0.2, 0) is 0 Å². The van der Waals surface area contributed by atoms with Crippen LogP contribution in [0.5, 0.6) is 0 Å². The Bertz CT molecular complexity index is 238. The predicted molar refractivity (Wildman–Crippen MR) is 94.8 cm³/mol. The summed E-state index contributed by atoms with van der Waals surface area (Å²) in [5, 5.41) is 3.70. The largest absolute Gasteiger partial charge is 0.314 e. The van der Waals surface area contributed by atoms with Crippen molar-refractivity contribution in [2.75, 3.05) is 26.2 Å². The zero-order valence-electron chi connectivity index (χ0n) is 15.3. The Balaban J connectivity index is 2.35. The molecule has 0 spiro atoms. The van der Waals surface area contributed by atoms with Crippen LogP contribution in [0.2, 0.25) is 0 Å². The summed E-state index contributed by atoms with van der Waals surface area (Å²) in [6.07, 6.45) is 8.36. The van der Waals surface area contributed by atoms with Gasteiger partial charge in [-0.1, -0.05) is 41.0 Å². The van der Waals surface area contributed by atoms with Gasteiger partial charge in [0.1, 0.15) is 0 Å². The predicted octanol–water partition coefficient (Wildman–Crippen LogP) is 4.55. The zero-order valence-corrected chi connectivity index (χ0v) is 15.3. The molecule has 1 fully saturated rings. The molecule has 126 valence electrons. The first-order valence-electron chi connectivity index (χ1n) is 9.48. The van der Waals surface area contributed by atoms with E-state index in [1.54, 1.807) is 0 Å². The Morgan fingerprint density at radius 2 is 1.57 bits per heavy atom. The normalized spacial score (nSPS) is 22.9. The van der Waals surface area contributed by atoms with Crippen LogP contribution in [0.3, 0.4) is 0 Å². The molecule has 0 saturated heterocycles. The van der Waals surface area contributed by atoms with Crippen LogP contribution in [0.25, 0.3) is 0 Å². The van der Waals surface area contributed by atoms with Crippen molar-refractivity contribution in [3.05, 3.63) is 0 Å². The summed E-state index contributed by atoms with van der Waals surface area (Å²) in [5.41, 5.74) is 0. The van der Waals surface area contributed by atoms with E-state index in [0.29, 0.717) is 0 Å². The molecule has 1 N–H and O–H groups in total. The fraction of sp³-hybridized carbons (Fsp3) is 1.00. The van der Waals surface area contributed by atoms with Gasteiger partial charge in [0, 0.05) is 6.04 Å². The Morgan fingerprint density at radius 3 is 2.10 bits per heavy atom. The molecule has 2 atom stereocenters. The van der Waals surface area contributed by atoms with E-state index in [9.17, 15) is 0 Å². The van der Waals surface area contributed by atoms with Gasteiger partial charge in [0.05, 0.1) is 0 Å². The summed E-state index contributed by atoms with van der Waals surface area (Å²) in [6, 6.07) is 0.798. The highest BCUT2D eigenvalue weighted by Gasteiger charge is 2.26. The third kappa shape index (κ3) is 8.21. The average molecular weight is 297 g/mol. The Hall–Kier alpha value is -0.0800. The lowest BCUT2D eigenvalue weighted by Crippen LogP contribution is -2.35. The molecule has 21 heavy (non-hydrogen) atoms. The molecule has 2 nitrogen and oxygen atoms in total. The van der Waals surface area contributed by atoms with E-state index in [4.69, 9.17) is 0 Å². The van der Waals surface area contributed by atoms with Gasteiger partial charge in [-0.15, -0.1) is 0 Å². The molecule has 1 aliphatic rings. The van der Waals surface area contributed by atoms with E-state index in [-0.39, 0.29) is 0 Å². The van der Waals surface area contributed by atoms with Gasteiger partial charge in [-0.25, -0.2) is 0 Å². The van der Waals surface area contributed by atoms with E-state index in [0.717, 1.165) is 30.3 Å². The SMILES string of the molecule is CCNC1CCCC1CCN(CCC(C)C)CCC(C)C. The maximum Gasteiger partial charge on any atom is 0.00956 e. The highest BCUT2D eigenvalue weighted by Crippen LogP contribution is 2.28. The number of hydrogen-bond acceptors (Lipinski definition) is 2. The molecule has 1 rings (SSSR count). The summed E-state index contributed by atoms with van der Waals surface area (Å²) < 4.78 is 0. The van der Waals surface area contributed by atoms with Crippen LogP contribution < -0.4 is 5.32 Å². The summed E-state index contributed by atoms with van der Waals surface area (Å²) >= 11 is 0. The molecule has 0 aromatic rings. The molecule has 0 amide bonds. The fourth-order valence-electron chi connectivity index (χ4n) is 3.48. The molecule has 1 aliphatic carbocycles. The minimum Gasteiger partial charge on any atom is -0.314 e. The highest BCUT2D eigenvalue weighted by molar-refractivity contribution is 4.83. The van der Waals surface area contributed by atoms with Crippen LogP contribution in [0, 0.1) is 17.8 Å². The minimum atomic E-state index is 0.798. The monoisotopic (exact) mass is 296 g/mol. The van der Waals surface area contributed by atoms with E-state index >= 15 is 0 Å². The maximum atomic E-state index is 3.70. The smallest absolute Gasteiger partial charge is 0.00956 e. The Morgan fingerprint density at radius 1 is 0.952 bits per heavy atom. The molecule has 0 heterocycles. The molecule has 1 saturated carbocycles. The first-order chi connectivity index (χ1) is 10.0. The summed E-state index contributed by atoms with van der Waals surface area (Å²) in [4.78, 5) is 2.74. The van der Waals surface area contributed by atoms with Gasteiger partial charge in [-0.05, 0) is 76.0 Å². The quantitative estimate of drug-likeness (QED) is 0.602. The van der Waals surface area contributed by atoms with Gasteiger partial charge in [-0.2, -0.15) is 0 Å². The second kappa shape index (κ2) is 10.6. The van der Waals surface area contributed by atoms with Crippen LogP contribution in [0.15, 0.2) is 0 Å². The van der Waals surface area contributed by atoms with Crippen LogP contribution >= 0.6 is 0 Å². The van der Waals surface area contributed by atoms with E-state index < -0.39 is 0 Å². The third-order valence-electron chi connectivity index (χ3n) is 4.99. The fourth-order valence-corrected chi connectivity index (χ4v) is 3.48. The lowest BCUT2D eigenvalue weighted by Gasteiger charge is -2.27. The van der Waals surface area contributed by atoms with Gasteiger partial charge in [0.25, 0.3) is 0 Å². The van der Waals surface area contributed by atoms with Gasteiger partial charge < -0.3 is 10.2 Å². The standard InChI is InChI=1S/C19H40N2/c1-6-20-19-9-7-8-18(19)12-15-21(13-10-16(2)3)14-11-17(4)5/h16-20H,6-15H2,1-5H3. The zero-order chi connectivity index (χ0) is 15.7. The summed E-state index contributed by atoms with van der Waals surface area (Å²) in [7, 11) is 0. The van der Waals surface area contributed by atoms with Crippen molar-refractivity contribution in [1.29, 1.82) is 0 Å². The molecule has 0 bridgehead atoms. The maximum absolute atomic E-state index is 3.70. The van der Waals surface area contributed by atoms with Crippen molar-refractivity contribution in [1.82, 2.24) is 10.2 Å². The minimum absolute atomic E-state index is 0.798. The molecule has 0 aliphatic heterocycles. The molecular weight excluding hydrogens is 256 g/mol. The number of nitrogens with one attached hydrogen (secondary N) is 1. The number of hydrogen-bond donors (Lipinski definition) is 1. The molecule has 2 unspecified atom stereocenters. The van der Waals surface area contributed by atoms with Crippen molar-refractivity contribution < 1.29 is 0 Å². The third-order valence-corrected chi connectivity index (χ3v) is 4.99. The van der Waals surface area contributed by atoms with Gasteiger partial charge in [0.15, 0.2) is 0 Å². The van der Waals surface area contributed by atoms with E-state index in [2.05, 4.69) is 44.8 Å². The van der Waals surface area contributed by atoms with Crippen LogP contribution in [0.1, 0.15) is 73.1 Å². The molecule has 2 heteroatoms. The Labute approximate surface area is 134 Å². The van der Waals surface area contributed by atoms with Crippen LogP contribution in [0.4, 0.5) is 0 Å². The lowest BCUT2D eigenvalue weighted by atomic mass is 9.98. The van der Waals surface area contributed by atoms with Crippen molar-refractivity contribution in [3.63, 3.8) is 0 Å². The highest BCUT2D eigenvalue weighted by atomic mass is 15.1. The number of rotatable bonds is 11. The lowest BCUT2D eigenvalue weighted by molar-refractivity contribution is 0.219. The second-order valence-electron chi connectivity index (χ2n) is 7.85. The first kappa shape index (κ1) is 19.0. The first-order valence-corrected chi connectivity index (χ1v) is 9.48.